The van der Waals surface area contributed by atoms with Crippen LogP contribution >= 0.6 is 11.6 Å². The number of hydrogen-bond acceptors (Lipinski definition) is 6. The van der Waals surface area contributed by atoms with E-state index in [-0.39, 0.29) is 22.2 Å². The Hall–Kier alpha value is -2.91. The van der Waals surface area contributed by atoms with E-state index < -0.39 is 27.1 Å². The van der Waals surface area contributed by atoms with Crippen molar-refractivity contribution in [3.05, 3.63) is 47.0 Å². The van der Waals surface area contributed by atoms with E-state index in [2.05, 4.69) is 42.0 Å². The largest absolute Gasteiger partial charge is 0.372 e. The molecule has 304 valence electrons. The van der Waals surface area contributed by atoms with E-state index in [1.54, 1.807) is 32.9 Å². The number of hydrogen-bond donors (Lipinski definition) is 1. The molecule has 2 rings (SSSR count). The van der Waals surface area contributed by atoms with Crippen molar-refractivity contribution in [3.8, 4) is 0 Å². The molecule has 1 amide bonds. The van der Waals surface area contributed by atoms with Crippen LogP contribution in [-0.2, 0) is 26.0 Å². The summed E-state index contributed by atoms with van der Waals surface area (Å²) in [5.41, 5.74) is 1.98. The van der Waals surface area contributed by atoms with Crippen molar-refractivity contribution in [1.82, 2.24) is 0 Å². The molecule has 0 bridgehead atoms. The maximum absolute atomic E-state index is 13.8. The van der Waals surface area contributed by atoms with Crippen LogP contribution in [0.2, 0.25) is 5.02 Å². The van der Waals surface area contributed by atoms with Crippen molar-refractivity contribution in [2.24, 2.45) is 10.4 Å². The minimum Gasteiger partial charge on any atom is -0.372 e. The van der Waals surface area contributed by atoms with Crippen LogP contribution in [0.4, 0.5) is 22.7 Å². The van der Waals surface area contributed by atoms with Crippen molar-refractivity contribution >= 4 is 61.8 Å². The van der Waals surface area contributed by atoms with E-state index in [9.17, 15) is 18.0 Å². The highest BCUT2D eigenvalue weighted by Gasteiger charge is 2.32. The van der Waals surface area contributed by atoms with E-state index >= 15 is 0 Å². The van der Waals surface area contributed by atoms with Gasteiger partial charge in [-0.2, -0.15) is 0 Å². The predicted octanol–water partition coefficient (Wildman–Crippen LogP) is 12.1. The summed E-state index contributed by atoms with van der Waals surface area (Å²) in [5, 5.41) is 2.98. The first-order valence-corrected chi connectivity index (χ1v) is 22.8. The number of rotatable bonds is 27. The van der Waals surface area contributed by atoms with Crippen molar-refractivity contribution in [2.45, 2.75) is 158 Å². The Morgan fingerprint density at radius 3 is 1.70 bits per heavy atom. The third kappa shape index (κ3) is 16.1. The lowest BCUT2D eigenvalue weighted by molar-refractivity contribution is -0.121. The quantitative estimate of drug-likeness (QED) is 0.0552. The standard InChI is InChI=1S/C44H71ClN4O4S/c1-9-13-14-15-16-17-18-19-20-21-22-23-24-25-26-27-32-54(52,53)48(8)36-28-30-38(45)40(34-36)47-43(51)41(42(50)44(5,6)7)46-39-31-29-37(33-35(39)10-2)49(11-3)12-4/h28-31,33-34H,9-27,32H2,1-8H3,(H,47,51). The lowest BCUT2D eigenvalue weighted by atomic mass is 9.87. The van der Waals surface area contributed by atoms with Crippen LogP contribution in [0.3, 0.4) is 0 Å². The number of Topliss-reactive ketones (excluding diaryl/α,β-unsaturated/α-hetero) is 1. The van der Waals surface area contributed by atoms with Crippen LogP contribution < -0.4 is 14.5 Å². The highest BCUT2D eigenvalue weighted by Crippen LogP contribution is 2.31. The van der Waals surface area contributed by atoms with E-state index in [4.69, 9.17) is 11.6 Å². The Bertz CT molecular complexity index is 1580. The van der Waals surface area contributed by atoms with Gasteiger partial charge in [-0.25, -0.2) is 13.4 Å². The number of aliphatic imine (C=N–C) groups is 1. The van der Waals surface area contributed by atoms with Gasteiger partial charge in [0.05, 0.1) is 27.8 Å². The van der Waals surface area contributed by atoms with E-state index in [1.165, 1.54) is 94.5 Å². The molecule has 8 nitrogen and oxygen atoms in total. The molecular weight excluding hydrogens is 716 g/mol. The van der Waals surface area contributed by atoms with Gasteiger partial charge in [0.25, 0.3) is 5.91 Å². The Morgan fingerprint density at radius 2 is 1.22 bits per heavy atom. The lowest BCUT2D eigenvalue weighted by Gasteiger charge is -2.23. The molecule has 0 radical (unpaired) electrons. The molecule has 0 aromatic heterocycles. The number of carbonyl (C=O) groups excluding carboxylic acids is 2. The molecule has 0 atom stereocenters. The number of sulfonamides is 1. The highest BCUT2D eigenvalue weighted by atomic mass is 35.5. The Balaban J connectivity index is 2.00. The molecule has 0 aliphatic rings. The molecule has 0 heterocycles. The second kappa shape index (κ2) is 24.6. The number of carbonyl (C=O) groups is 2. The summed E-state index contributed by atoms with van der Waals surface area (Å²) in [4.78, 5) is 34.3. The van der Waals surface area contributed by atoms with Crippen LogP contribution in [0.25, 0.3) is 0 Å². The second-order valence-corrected chi connectivity index (χ2v) is 18.1. The van der Waals surface area contributed by atoms with Gasteiger partial charge in [-0.3, -0.25) is 13.9 Å². The van der Waals surface area contributed by atoms with E-state index in [0.717, 1.165) is 43.6 Å². The molecule has 54 heavy (non-hydrogen) atoms. The summed E-state index contributed by atoms with van der Waals surface area (Å²) in [7, 11) is -2.09. The molecule has 2 aromatic rings. The Morgan fingerprint density at radius 1 is 0.722 bits per heavy atom. The number of ketones is 1. The number of aryl methyl sites for hydroxylation is 1. The predicted molar refractivity (Wildman–Crippen MR) is 233 cm³/mol. The summed E-state index contributed by atoms with van der Waals surface area (Å²) < 4.78 is 27.9. The number of nitrogens with one attached hydrogen (secondary N) is 1. The number of benzene rings is 2. The fourth-order valence-corrected chi connectivity index (χ4v) is 7.99. The summed E-state index contributed by atoms with van der Waals surface area (Å²) in [6.07, 6.45) is 20.3. The minimum atomic E-state index is -3.61. The third-order valence-electron chi connectivity index (χ3n) is 10.2. The van der Waals surface area contributed by atoms with Gasteiger partial charge in [0, 0.05) is 31.2 Å². The van der Waals surface area contributed by atoms with Crippen LogP contribution in [0.15, 0.2) is 41.4 Å². The maximum atomic E-state index is 13.8. The minimum absolute atomic E-state index is 0.0377. The summed E-state index contributed by atoms with van der Waals surface area (Å²) in [6.45, 7) is 15.4. The monoisotopic (exact) mass is 786 g/mol. The summed E-state index contributed by atoms with van der Waals surface area (Å²) >= 11 is 6.52. The Kier molecular flexibility index (Phi) is 21.5. The molecule has 0 saturated carbocycles. The van der Waals surface area contributed by atoms with Gasteiger partial charge in [-0.15, -0.1) is 0 Å². The zero-order valence-electron chi connectivity index (χ0n) is 34.9. The highest BCUT2D eigenvalue weighted by molar-refractivity contribution is 7.92. The average molecular weight is 788 g/mol. The first-order valence-electron chi connectivity index (χ1n) is 20.8. The normalized spacial score (nSPS) is 12.2. The number of amides is 1. The molecule has 0 unspecified atom stereocenters. The van der Waals surface area contributed by atoms with Gasteiger partial charge < -0.3 is 10.2 Å². The van der Waals surface area contributed by atoms with Gasteiger partial charge in [-0.05, 0) is 68.7 Å². The number of nitrogens with zero attached hydrogens (tertiary/aromatic N) is 3. The zero-order chi connectivity index (χ0) is 40.1. The fourth-order valence-electron chi connectivity index (χ4n) is 6.55. The van der Waals surface area contributed by atoms with Gasteiger partial charge in [0.1, 0.15) is 0 Å². The van der Waals surface area contributed by atoms with Gasteiger partial charge in [0.15, 0.2) is 11.5 Å². The molecule has 0 fully saturated rings. The number of halogens is 1. The first-order chi connectivity index (χ1) is 25.7. The van der Waals surface area contributed by atoms with E-state index in [0.29, 0.717) is 24.2 Å². The molecule has 1 N–H and O–H groups in total. The van der Waals surface area contributed by atoms with Gasteiger partial charge >= 0.3 is 0 Å². The van der Waals surface area contributed by atoms with Crippen molar-refractivity contribution in [1.29, 1.82) is 0 Å². The second-order valence-electron chi connectivity index (χ2n) is 15.6. The molecule has 0 saturated heterocycles. The molecule has 0 aliphatic carbocycles. The van der Waals surface area contributed by atoms with Crippen molar-refractivity contribution in [3.63, 3.8) is 0 Å². The average Bonchev–Trinajstić information content (AvgIpc) is 3.14. The zero-order valence-corrected chi connectivity index (χ0v) is 36.4. The van der Waals surface area contributed by atoms with Crippen molar-refractivity contribution in [2.75, 3.05) is 40.4 Å². The maximum Gasteiger partial charge on any atom is 0.278 e. The molecule has 0 spiro atoms. The topological polar surface area (TPSA) is 99.2 Å². The number of unbranched alkanes of at least 4 members (excludes halogenated alkanes) is 15. The number of anilines is 3. The van der Waals surface area contributed by atoms with Crippen LogP contribution in [0, 0.1) is 5.41 Å². The molecule has 0 aliphatic heterocycles. The third-order valence-corrected chi connectivity index (χ3v) is 12.3. The molecule has 2 aromatic carbocycles. The summed E-state index contributed by atoms with van der Waals surface area (Å²) in [6, 6.07) is 10.6. The lowest BCUT2D eigenvalue weighted by Crippen LogP contribution is -2.37. The van der Waals surface area contributed by atoms with Crippen LogP contribution in [-0.4, -0.2) is 51.7 Å². The molecule has 10 heteroatoms. The fraction of sp³-hybridized carbons (Fsp3) is 0.659. The van der Waals surface area contributed by atoms with Crippen molar-refractivity contribution < 1.29 is 18.0 Å². The summed E-state index contributed by atoms with van der Waals surface area (Å²) in [5.74, 6) is -1.08. The SMILES string of the molecule is CCCCCCCCCCCCCCCCCCS(=O)(=O)N(C)c1ccc(Cl)c(NC(=O)C(=Nc2ccc(N(CC)CC)cc2CC)C(=O)C(C)(C)C)c1. The van der Waals surface area contributed by atoms with Gasteiger partial charge in [0.2, 0.25) is 10.0 Å². The Labute approximate surface area is 334 Å². The molecular formula is C44H71ClN4O4S. The van der Waals surface area contributed by atoms with Crippen LogP contribution in [0.1, 0.15) is 157 Å². The smallest absolute Gasteiger partial charge is 0.278 e. The van der Waals surface area contributed by atoms with Gasteiger partial charge in [-0.1, -0.05) is 143 Å². The van der Waals surface area contributed by atoms with Crippen LogP contribution in [0.5, 0.6) is 0 Å². The van der Waals surface area contributed by atoms with E-state index in [1.807, 2.05) is 19.1 Å². The first kappa shape index (κ1) is 47.2.